The highest BCUT2D eigenvalue weighted by Crippen LogP contribution is 2.55. The van der Waals surface area contributed by atoms with Crippen molar-refractivity contribution in [1.29, 1.82) is 0 Å². The molecule has 1 aliphatic carbocycles. The van der Waals surface area contributed by atoms with E-state index in [1.54, 1.807) is 0 Å². The van der Waals surface area contributed by atoms with Gasteiger partial charge in [0.15, 0.2) is 9.84 Å². The Morgan fingerprint density at radius 3 is 2.15 bits per heavy atom. The van der Waals surface area contributed by atoms with Crippen molar-refractivity contribution in [3.63, 3.8) is 0 Å². The van der Waals surface area contributed by atoms with Crippen LogP contribution >= 0.6 is 23.2 Å². The Hall–Kier alpha value is -1.56. The third-order valence-electron chi connectivity index (χ3n) is 6.57. The maximum atomic E-state index is 14.6. The van der Waals surface area contributed by atoms with Gasteiger partial charge in [0.05, 0.1) is 14.9 Å². The van der Waals surface area contributed by atoms with Gasteiger partial charge in [0.2, 0.25) is 0 Å². The molecule has 1 heterocycles. The van der Waals surface area contributed by atoms with Gasteiger partial charge in [0.1, 0.15) is 4.75 Å². The number of rotatable bonds is 3. The second kappa shape index (κ2) is 7.97. The minimum atomic E-state index is -6.27. The smallest absolute Gasteiger partial charge is 0.312 e. The Kier molecular flexibility index (Phi) is 5.99. The molecule has 186 valence electrons. The van der Waals surface area contributed by atoms with Crippen molar-refractivity contribution in [2.24, 2.45) is 0 Å². The van der Waals surface area contributed by atoms with Crippen LogP contribution in [-0.4, -0.2) is 33.4 Å². The summed E-state index contributed by atoms with van der Waals surface area (Å²) in [6.45, 7) is 0.241. The first-order chi connectivity index (χ1) is 15.6. The van der Waals surface area contributed by atoms with Crippen molar-refractivity contribution in [3.05, 3.63) is 63.1 Å². The molecular weight excluding hydrogens is 534 g/mol. The maximum Gasteiger partial charge on any atom is 0.435 e. The summed E-state index contributed by atoms with van der Waals surface area (Å²) in [4.78, 5) is -0.196. The highest BCUT2D eigenvalue weighted by atomic mass is 35.5. The minimum absolute atomic E-state index is 0.00585. The molecule has 0 aromatic heterocycles. The maximum absolute atomic E-state index is 14.6. The molecule has 34 heavy (non-hydrogen) atoms. The summed E-state index contributed by atoms with van der Waals surface area (Å²) in [6.07, 6.45) is -12.5. The van der Waals surface area contributed by atoms with E-state index in [4.69, 9.17) is 23.2 Å². The van der Waals surface area contributed by atoms with E-state index in [9.17, 15) is 39.2 Å². The molecule has 3 nitrogen and oxygen atoms in total. The van der Waals surface area contributed by atoms with Gasteiger partial charge >= 0.3 is 18.0 Å². The van der Waals surface area contributed by atoms with Crippen LogP contribution in [-0.2, 0) is 26.7 Å². The van der Waals surface area contributed by atoms with Gasteiger partial charge in [0.25, 0.3) is 0 Å². The lowest BCUT2D eigenvalue weighted by Gasteiger charge is -2.41. The number of alkyl halides is 7. The topological polar surface area (TPSA) is 46.2 Å². The monoisotopic (exact) mass is 549 g/mol. The second-order valence-electron chi connectivity index (χ2n) is 8.29. The fourth-order valence-electron chi connectivity index (χ4n) is 4.97. The van der Waals surface area contributed by atoms with Crippen LogP contribution in [0.5, 0.6) is 0 Å². The molecule has 13 heteroatoms. The molecular formula is C21H16Cl2F7NO2S. The molecule has 0 spiro atoms. The fraction of sp³-hybridized carbons (Fsp3) is 0.429. The third-order valence-corrected chi connectivity index (χ3v) is 9.85. The van der Waals surface area contributed by atoms with E-state index in [1.807, 2.05) is 0 Å². The summed E-state index contributed by atoms with van der Waals surface area (Å²) < 4.78 is 120. The molecule has 4 rings (SSSR count). The Balaban J connectivity index is 1.93. The van der Waals surface area contributed by atoms with Crippen molar-refractivity contribution in [3.8, 4) is 0 Å². The fourth-order valence-corrected chi connectivity index (χ4v) is 7.70. The molecule has 0 bridgehead atoms. The summed E-state index contributed by atoms with van der Waals surface area (Å²) in [5, 5.41) is 3.13. The number of halogens is 9. The molecule has 1 fully saturated rings. The van der Waals surface area contributed by atoms with Crippen LogP contribution in [0.15, 0.2) is 41.3 Å². The van der Waals surface area contributed by atoms with E-state index in [0.29, 0.717) is 12.1 Å². The van der Waals surface area contributed by atoms with Crippen LogP contribution in [0.25, 0.3) is 0 Å². The summed E-state index contributed by atoms with van der Waals surface area (Å²) in [5.74, 6) is 0. The Labute approximate surface area is 200 Å². The van der Waals surface area contributed by atoms with Gasteiger partial charge in [-0.15, -0.1) is 0 Å². The summed E-state index contributed by atoms with van der Waals surface area (Å²) in [6, 6.07) is 4.71. The molecule has 0 saturated carbocycles. The van der Waals surface area contributed by atoms with Crippen LogP contribution in [0.3, 0.4) is 0 Å². The molecule has 2 aromatic carbocycles. The highest BCUT2D eigenvalue weighted by Gasteiger charge is 2.73. The average Bonchev–Trinajstić information content (AvgIpc) is 3.19. The van der Waals surface area contributed by atoms with Crippen molar-refractivity contribution in [2.45, 2.75) is 53.0 Å². The molecule has 2 atom stereocenters. The van der Waals surface area contributed by atoms with Crippen molar-refractivity contribution in [2.75, 3.05) is 6.54 Å². The number of sulfone groups is 1. The molecule has 2 aromatic rings. The largest absolute Gasteiger partial charge is 0.435 e. The van der Waals surface area contributed by atoms with Gasteiger partial charge in [-0.3, -0.25) is 0 Å². The van der Waals surface area contributed by atoms with Gasteiger partial charge in [-0.05, 0) is 55.1 Å². The predicted molar refractivity (Wildman–Crippen MR) is 111 cm³/mol. The lowest BCUT2D eigenvalue weighted by Crippen LogP contribution is -2.51. The first-order valence-electron chi connectivity index (χ1n) is 9.96. The van der Waals surface area contributed by atoms with E-state index in [2.05, 4.69) is 5.32 Å². The number of hydrogen-bond donors (Lipinski definition) is 1. The molecule has 1 N–H and O–H groups in total. The van der Waals surface area contributed by atoms with Crippen LogP contribution in [0.4, 0.5) is 30.7 Å². The van der Waals surface area contributed by atoms with Crippen LogP contribution in [0, 0.1) is 0 Å². The van der Waals surface area contributed by atoms with Crippen LogP contribution < -0.4 is 5.32 Å². The standard InChI is InChI=1S/C21H16Cl2F7NO2S/c22-15-5-3-13(10-16(15)23)34(32,33)18-7-8-31-17(18)6-1-11-9-12(2-4-14(11)18)19(24,20(25,26)27)21(28,29)30/h2-5,9-10,17,31H,1,6-8H2. The lowest BCUT2D eigenvalue weighted by atomic mass is 9.77. The Morgan fingerprint density at radius 2 is 1.56 bits per heavy atom. The second-order valence-corrected chi connectivity index (χ2v) is 11.3. The van der Waals surface area contributed by atoms with Gasteiger partial charge in [-0.1, -0.05) is 41.4 Å². The van der Waals surface area contributed by atoms with E-state index in [1.165, 1.54) is 12.1 Å². The van der Waals surface area contributed by atoms with E-state index >= 15 is 0 Å². The molecule has 0 radical (unpaired) electrons. The normalized spacial score (nSPS) is 23.5. The number of benzene rings is 2. The SMILES string of the molecule is O=S(=O)(c1ccc(Cl)c(Cl)c1)C12CCNC1CCc1cc(C(F)(C(F)(F)F)C(F)(F)F)ccc12. The van der Waals surface area contributed by atoms with Gasteiger partial charge in [0, 0.05) is 11.6 Å². The summed E-state index contributed by atoms with van der Waals surface area (Å²) >= 11 is 11.9. The van der Waals surface area contributed by atoms with Gasteiger partial charge < -0.3 is 5.32 Å². The van der Waals surface area contributed by atoms with Crippen molar-refractivity contribution >= 4 is 33.0 Å². The number of fused-ring (bicyclic) bond motifs is 3. The van der Waals surface area contributed by atoms with E-state index in [-0.39, 0.29) is 51.9 Å². The van der Waals surface area contributed by atoms with Gasteiger partial charge in [-0.2, -0.15) is 26.3 Å². The molecule has 1 saturated heterocycles. The summed E-state index contributed by atoms with van der Waals surface area (Å²) in [7, 11) is -4.26. The molecule has 2 aliphatic rings. The third kappa shape index (κ3) is 3.45. The summed E-state index contributed by atoms with van der Waals surface area (Å²) in [5.41, 5.74) is -7.29. The first-order valence-corrected chi connectivity index (χ1v) is 12.2. The average molecular weight is 550 g/mol. The van der Waals surface area contributed by atoms with Crippen LogP contribution in [0.2, 0.25) is 10.0 Å². The molecule has 0 amide bonds. The zero-order valence-electron chi connectivity index (χ0n) is 17.0. The number of aryl methyl sites for hydroxylation is 1. The molecule has 1 aliphatic heterocycles. The van der Waals surface area contributed by atoms with Gasteiger partial charge in [-0.25, -0.2) is 12.8 Å². The highest BCUT2D eigenvalue weighted by molar-refractivity contribution is 7.92. The van der Waals surface area contributed by atoms with E-state index < -0.39 is 44.2 Å². The van der Waals surface area contributed by atoms with Crippen molar-refractivity contribution in [1.82, 2.24) is 5.32 Å². The zero-order valence-corrected chi connectivity index (χ0v) is 19.3. The lowest BCUT2D eigenvalue weighted by molar-refractivity contribution is -0.348. The van der Waals surface area contributed by atoms with Crippen LogP contribution in [0.1, 0.15) is 29.5 Å². The number of hydrogen-bond acceptors (Lipinski definition) is 3. The Morgan fingerprint density at radius 1 is 0.912 bits per heavy atom. The first kappa shape index (κ1) is 25.5. The number of nitrogens with one attached hydrogen (secondary N) is 1. The zero-order chi connectivity index (χ0) is 25.3. The van der Waals surface area contributed by atoms with Crippen molar-refractivity contribution < 1.29 is 39.2 Å². The Bertz CT molecular complexity index is 1230. The molecule has 2 unspecified atom stereocenters. The predicted octanol–water partition coefficient (Wildman–Crippen LogP) is 6.26. The minimum Gasteiger partial charge on any atom is -0.312 e. The quantitative estimate of drug-likeness (QED) is 0.459. The van der Waals surface area contributed by atoms with E-state index in [0.717, 1.165) is 12.1 Å².